The normalized spacial score (nSPS) is 26.1. The van der Waals surface area contributed by atoms with Crippen LogP contribution in [0.15, 0.2) is 0 Å². The van der Waals surface area contributed by atoms with E-state index in [1.54, 1.807) is 12.0 Å². The number of rotatable bonds is 17. The molecular formula is C37H65N5O7. The maximum absolute atomic E-state index is 13.8. The molecule has 0 aromatic carbocycles. The Kier molecular flexibility index (Phi) is 16.3. The Hall–Kier alpha value is -2.73. The SMILES string of the molecule is COC1CCC(C(=O)N(CCC(=O)O)CC(=O)N(CCC(C)C)CC(=O)C(C)(C)NC2CCC(NC(=O)NC3CCCCC3C)CC2)CC1. The first-order chi connectivity index (χ1) is 23.2. The summed E-state index contributed by atoms with van der Waals surface area (Å²) in [5.74, 6) is -1.17. The van der Waals surface area contributed by atoms with E-state index in [1.807, 2.05) is 13.8 Å². The highest BCUT2D eigenvalue weighted by molar-refractivity contribution is 5.93. The molecule has 0 radical (unpaired) electrons. The lowest BCUT2D eigenvalue weighted by molar-refractivity contribution is -0.146. The van der Waals surface area contributed by atoms with E-state index in [-0.39, 0.29) is 79.8 Å². The van der Waals surface area contributed by atoms with Crippen molar-refractivity contribution in [2.75, 3.05) is 33.3 Å². The van der Waals surface area contributed by atoms with Crippen LogP contribution in [0.1, 0.15) is 125 Å². The van der Waals surface area contributed by atoms with Crippen molar-refractivity contribution in [3.05, 3.63) is 0 Å². The number of hydrogen-bond donors (Lipinski definition) is 4. The zero-order valence-electron chi connectivity index (χ0n) is 31.1. The fourth-order valence-electron chi connectivity index (χ4n) is 7.54. The summed E-state index contributed by atoms with van der Waals surface area (Å²) >= 11 is 0. The topological polar surface area (TPSA) is 157 Å². The van der Waals surface area contributed by atoms with Gasteiger partial charge in [-0.05, 0) is 96.3 Å². The number of methoxy groups -OCH3 is 1. The number of amides is 4. The summed E-state index contributed by atoms with van der Waals surface area (Å²) in [7, 11) is 1.66. The highest BCUT2D eigenvalue weighted by Gasteiger charge is 2.36. The molecule has 0 heterocycles. The predicted molar refractivity (Wildman–Crippen MR) is 189 cm³/mol. The van der Waals surface area contributed by atoms with Gasteiger partial charge in [-0.25, -0.2) is 4.79 Å². The first-order valence-corrected chi connectivity index (χ1v) is 18.9. The quantitative estimate of drug-likeness (QED) is 0.174. The van der Waals surface area contributed by atoms with E-state index in [0.717, 1.165) is 57.8 Å². The van der Waals surface area contributed by atoms with Crippen LogP contribution in [0.5, 0.6) is 0 Å². The van der Waals surface area contributed by atoms with E-state index in [2.05, 4.69) is 36.7 Å². The molecule has 280 valence electrons. The fraction of sp³-hybridized carbons (Fsp3) is 0.865. The first-order valence-electron chi connectivity index (χ1n) is 18.9. The molecule has 0 spiro atoms. The van der Waals surface area contributed by atoms with Gasteiger partial charge in [0.25, 0.3) is 0 Å². The number of ether oxygens (including phenoxy) is 1. The summed E-state index contributed by atoms with van der Waals surface area (Å²) in [6.45, 7) is 9.99. The van der Waals surface area contributed by atoms with Gasteiger partial charge in [0.15, 0.2) is 5.78 Å². The molecule has 0 aliphatic heterocycles. The van der Waals surface area contributed by atoms with Crippen molar-refractivity contribution in [1.82, 2.24) is 25.8 Å². The number of carboxylic acid groups (broad SMARTS) is 1. The van der Waals surface area contributed by atoms with Crippen LogP contribution >= 0.6 is 0 Å². The van der Waals surface area contributed by atoms with E-state index in [0.29, 0.717) is 37.6 Å². The van der Waals surface area contributed by atoms with Gasteiger partial charge in [-0.2, -0.15) is 0 Å². The molecular weight excluding hydrogens is 626 g/mol. The lowest BCUT2D eigenvalue weighted by atomic mass is 9.86. The van der Waals surface area contributed by atoms with E-state index in [4.69, 9.17) is 4.74 Å². The third kappa shape index (κ3) is 13.5. The minimum absolute atomic E-state index is 0.0535. The third-order valence-corrected chi connectivity index (χ3v) is 11.0. The van der Waals surface area contributed by atoms with E-state index in [1.165, 1.54) is 11.3 Å². The number of carbonyl (C=O) groups excluding carboxylic acids is 4. The van der Waals surface area contributed by atoms with Gasteiger partial charge in [0.05, 0.1) is 31.2 Å². The smallest absolute Gasteiger partial charge is 0.315 e. The number of Topliss-reactive ketones (excluding diaryl/α,β-unsaturated/α-hetero) is 1. The Balaban J connectivity index is 1.56. The van der Waals surface area contributed by atoms with E-state index in [9.17, 15) is 29.1 Å². The third-order valence-electron chi connectivity index (χ3n) is 11.0. The Morgan fingerprint density at radius 1 is 0.816 bits per heavy atom. The Morgan fingerprint density at radius 2 is 1.45 bits per heavy atom. The number of aliphatic carboxylic acids is 1. The molecule has 0 saturated heterocycles. The number of carbonyl (C=O) groups is 5. The second-order valence-corrected chi connectivity index (χ2v) is 15.8. The highest BCUT2D eigenvalue weighted by atomic mass is 16.5. The van der Waals surface area contributed by atoms with Gasteiger partial charge < -0.3 is 35.6 Å². The molecule has 49 heavy (non-hydrogen) atoms. The van der Waals surface area contributed by atoms with Crippen LogP contribution in [0.3, 0.4) is 0 Å². The van der Waals surface area contributed by atoms with Crippen molar-refractivity contribution in [1.29, 1.82) is 0 Å². The number of nitrogens with zero attached hydrogens (tertiary/aromatic N) is 2. The summed E-state index contributed by atoms with van der Waals surface area (Å²) in [5, 5.41) is 19.2. The molecule has 3 saturated carbocycles. The molecule has 3 fully saturated rings. The molecule has 2 unspecified atom stereocenters. The van der Waals surface area contributed by atoms with Gasteiger partial charge >= 0.3 is 12.0 Å². The maximum atomic E-state index is 13.8. The fourth-order valence-corrected chi connectivity index (χ4v) is 7.54. The second kappa shape index (κ2) is 19.6. The van der Waals surface area contributed by atoms with Crippen molar-refractivity contribution in [2.45, 2.75) is 154 Å². The Labute approximate surface area is 294 Å². The van der Waals surface area contributed by atoms with Crippen molar-refractivity contribution >= 4 is 29.6 Å². The average Bonchev–Trinajstić information content (AvgIpc) is 3.06. The standard InChI is InChI=1S/C37H65N5O7/c1-25(2)19-21-41(33(44)24-42(22-20-34(45)46)35(47)27-11-17-30(49-6)18-12-27)23-32(43)37(4,5)40-29-15-13-28(14-16-29)38-36(48)39-31-10-8-7-9-26(31)3/h25-31,40H,7-24H2,1-6H3,(H,45,46)(H2,38,39,48). The van der Waals surface area contributed by atoms with Gasteiger partial charge in [0.2, 0.25) is 11.8 Å². The van der Waals surface area contributed by atoms with Crippen molar-refractivity contribution in [3.8, 4) is 0 Å². The van der Waals surface area contributed by atoms with Crippen LogP contribution in [0.4, 0.5) is 4.79 Å². The van der Waals surface area contributed by atoms with Crippen LogP contribution < -0.4 is 16.0 Å². The predicted octanol–water partition coefficient (Wildman–Crippen LogP) is 4.50. The van der Waals surface area contributed by atoms with Gasteiger partial charge in [-0.1, -0.05) is 33.6 Å². The van der Waals surface area contributed by atoms with Crippen molar-refractivity contribution < 1.29 is 33.8 Å². The molecule has 2 atom stereocenters. The zero-order valence-corrected chi connectivity index (χ0v) is 31.1. The van der Waals surface area contributed by atoms with Crippen LogP contribution in [-0.2, 0) is 23.9 Å². The highest BCUT2D eigenvalue weighted by Crippen LogP contribution is 2.28. The summed E-state index contributed by atoms with van der Waals surface area (Å²) in [6.07, 6.45) is 11.2. The van der Waals surface area contributed by atoms with Gasteiger partial charge in [0.1, 0.15) is 0 Å². The summed E-state index contributed by atoms with van der Waals surface area (Å²) in [5.41, 5.74) is -0.894. The van der Waals surface area contributed by atoms with Crippen LogP contribution in [0, 0.1) is 17.8 Å². The molecule has 0 aromatic rings. The molecule has 0 bridgehead atoms. The number of hydrogen-bond acceptors (Lipinski definition) is 7. The zero-order chi connectivity index (χ0) is 36.1. The van der Waals surface area contributed by atoms with E-state index < -0.39 is 11.5 Å². The number of ketones is 1. The summed E-state index contributed by atoms with van der Waals surface area (Å²) in [4.78, 5) is 68.1. The molecule has 12 heteroatoms. The van der Waals surface area contributed by atoms with Crippen LogP contribution in [0.25, 0.3) is 0 Å². The van der Waals surface area contributed by atoms with Gasteiger partial charge in [-0.15, -0.1) is 0 Å². The van der Waals surface area contributed by atoms with Gasteiger partial charge in [-0.3, -0.25) is 19.2 Å². The second-order valence-electron chi connectivity index (χ2n) is 15.8. The first kappa shape index (κ1) is 40.7. The largest absolute Gasteiger partial charge is 0.481 e. The maximum Gasteiger partial charge on any atom is 0.315 e. The molecule has 3 aliphatic carbocycles. The number of carboxylic acids is 1. The molecule has 4 amide bonds. The molecule has 0 aromatic heterocycles. The molecule has 3 aliphatic rings. The summed E-state index contributed by atoms with van der Waals surface area (Å²) in [6, 6.07) is 0.357. The van der Waals surface area contributed by atoms with Crippen LogP contribution in [-0.4, -0.2) is 108 Å². The summed E-state index contributed by atoms with van der Waals surface area (Å²) < 4.78 is 5.44. The van der Waals surface area contributed by atoms with Crippen molar-refractivity contribution in [3.63, 3.8) is 0 Å². The average molecular weight is 692 g/mol. The number of nitrogens with one attached hydrogen (secondary N) is 3. The molecule has 4 N–H and O–H groups in total. The van der Waals surface area contributed by atoms with Gasteiger partial charge in [0, 0.05) is 44.2 Å². The van der Waals surface area contributed by atoms with Crippen molar-refractivity contribution in [2.24, 2.45) is 17.8 Å². The van der Waals surface area contributed by atoms with Crippen LogP contribution in [0.2, 0.25) is 0 Å². The lowest BCUT2D eigenvalue weighted by Gasteiger charge is -2.37. The molecule has 12 nitrogen and oxygen atoms in total. The van der Waals surface area contributed by atoms with E-state index >= 15 is 0 Å². The monoisotopic (exact) mass is 691 g/mol. The minimum Gasteiger partial charge on any atom is -0.481 e. The Bertz CT molecular complexity index is 1100. The Morgan fingerprint density at radius 3 is 2.04 bits per heavy atom. The molecule has 3 rings (SSSR count). The minimum atomic E-state index is -1.03. The lowest BCUT2D eigenvalue weighted by Crippen LogP contribution is -2.57. The number of urea groups is 1.